The normalized spacial score (nSPS) is 17.9. The number of benzene rings is 2. The molecule has 1 aliphatic rings. The van der Waals surface area contributed by atoms with Crippen molar-refractivity contribution in [1.29, 1.82) is 0 Å². The molecule has 1 atom stereocenters. The summed E-state index contributed by atoms with van der Waals surface area (Å²) in [5.41, 5.74) is 0.528. The van der Waals surface area contributed by atoms with Crippen molar-refractivity contribution in [3.63, 3.8) is 0 Å². The molecule has 110 valence electrons. The molecule has 0 saturated carbocycles. The Labute approximate surface area is 122 Å². The average Bonchev–Trinajstić information content (AvgIpc) is 2.48. The third-order valence-corrected chi connectivity index (χ3v) is 4.85. The highest BCUT2D eigenvalue weighted by Gasteiger charge is 2.27. The lowest BCUT2D eigenvalue weighted by Crippen LogP contribution is -2.32. The second-order valence-corrected chi connectivity index (χ2v) is 6.52. The lowest BCUT2D eigenvalue weighted by molar-refractivity contribution is 0.262. The van der Waals surface area contributed by atoms with E-state index in [-0.39, 0.29) is 4.90 Å². The summed E-state index contributed by atoms with van der Waals surface area (Å²) < 4.78 is 46.1. The topological polar surface area (TPSA) is 55.4 Å². The molecule has 2 aromatic rings. The summed E-state index contributed by atoms with van der Waals surface area (Å²) in [6.45, 7) is 0.389. The Morgan fingerprint density at radius 2 is 1.90 bits per heavy atom. The molecule has 0 fully saturated rings. The van der Waals surface area contributed by atoms with E-state index in [9.17, 15) is 12.8 Å². The smallest absolute Gasteiger partial charge is 0.241 e. The maximum atomic E-state index is 13.4. The van der Waals surface area contributed by atoms with Crippen molar-refractivity contribution in [1.82, 2.24) is 4.72 Å². The first-order valence-corrected chi connectivity index (χ1v) is 8.04. The minimum Gasteiger partial charge on any atom is -0.493 e. The number of halogens is 1. The molecule has 0 aliphatic carbocycles. The van der Waals surface area contributed by atoms with Gasteiger partial charge in [0.1, 0.15) is 11.6 Å². The molecule has 4 nitrogen and oxygen atoms in total. The van der Waals surface area contributed by atoms with Gasteiger partial charge in [-0.15, -0.1) is 0 Å². The van der Waals surface area contributed by atoms with E-state index in [0.29, 0.717) is 24.3 Å². The van der Waals surface area contributed by atoms with Crippen LogP contribution in [0.25, 0.3) is 0 Å². The van der Waals surface area contributed by atoms with Gasteiger partial charge >= 0.3 is 0 Å². The van der Waals surface area contributed by atoms with E-state index in [4.69, 9.17) is 4.74 Å². The lowest BCUT2D eigenvalue weighted by Gasteiger charge is -2.26. The summed E-state index contributed by atoms with van der Waals surface area (Å²) in [6, 6.07) is 11.8. The Bertz CT molecular complexity index is 747. The zero-order valence-electron chi connectivity index (χ0n) is 11.1. The first kappa shape index (κ1) is 14.0. The van der Waals surface area contributed by atoms with Crippen molar-refractivity contribution in [2.24, 2.45) is 0 Å². The van der Waals surface area contributed by atoms with Gasteiger partial charge in [0.2, 0.25) is 10.0 Å². The number of ether oxygens (including phenoxy) is 1. The molecule has 21 heavy (non-hydrogen) atoms. The van der Waals surface area contributed by atoms with Gasteiger partial charge in [-0.3, -0.25) is 0 Å². The van der Waals surface area contributed by atoms with Crippen molar-refractivity contribution in [2.45, 2.75) is 17.4 Å². The molecule has 1 unspecified atom stereocenters. The van der Waals surface area contributed by atoms with Gasteiger partial charge in [-0.05, 0) is 30.3 Å². The maximum absolute atomic E-state index is 13.4. The minimum atomic E-state index is -3.64. The molecule has 0 aromatic heterocycles. The molecule has 1 heterocycles. The molecule has 1 aliphatic heterocycles. The van der Waals surface area contributed by atoms with E-state index in [1.165, 1.54) is 30.3 Å². The second kappa shape index (κ2) is 5.46. The van der Waals surface area contributed by atoms with Crippen molar-refractivity contribution < 1.29 is 17.5 Å². The van der Waals surface area contributed by atoms with Crippen LogP contribution < -0.4 is 9.46 Å². The quantitative estimate of drug-likeness (QED) is 0.948. The summed E-state index contributed by atoms with van der Waals surface area (Å²) in [4.78, 5) is 0.189. The number of hydrogen-bond donors (Lipinski definition) is 1. The summed E-state index contributed by atoms with van der Waals surface area (Å²) in [5, 5.41) is 0. The Kier molecular flexibility index (Phi) is 3.65. The first-order valence-electron chi connectivity index (χ1n) is 6.56. The Hall–Kier alpha value is -1.92. The number of nitrogens with one attached hydrogen (secondary N) is 1. The van der Waals surface area contributed by atoms with Crippen LogP contribution >= 0.6 is 0 Å². The molecule has 1 N–H and O–H groups in total. The highest BCUT2D eigenvalue weighted by Crippen LogP contribution is 2.33. The molecule has 3 rings (SSSR count). The monoisotopic (exact) mass is 307 g/mol. The highest BCUT2D eigenvalue weighted by atomic mass is 32.2. The molecule has 0 radical (unpaired) electrons. The van der Waals surface area contributed by atoms with Gasteiger partial charge in [0.05, 0.1) is 17.5 Å². The Balaban J connectivity index is 1.92. The van der Waals surface area contributed by atoms with Crippen LogP contribution in [0.15, 0.2) is 53.4 Å². The number of sulfonamides is 1. The molecule has 6 heteroatoms. The van der Waals surface area contributed by atoms with Gasteiger partial charge in [-0.2, -0.15) is 0 Å². The molecular formula is C15H14FNO3S. The lowest BCUT2D eigenvalue weighted by atomic mass is 10.0. The number of hydrogen-bond acceptors (Lipinski definition) is 3. The van der Waals surface area contributed by atoms with Gasteiger partial charge in [0, 0.05) is 12.0 Å². The van der Waals surface area contributed by atoms with E-state index >= 15 is 0 Å². The standard InChI is InChI=1S/C15H14FNO3S/c16-11-6-7-15-13(10-11)14(8-9-20-15)17-21(18,19)12-4-2-1-3-5-12/h1-7,10,14,17H,8-9H2. The second-order valence-electron chi connectivity index (χ2n) is 4.81. The van der Waals surface area contributed by atoms with Gasteiger partial charge in [-0.25, -0.2) is 17.5 Å². The number of fused-ring (bicyclic) bond motifs is 1. The summed E-state index contributed by atoms with van der Waals surface area (Å²) in [6.07, 6.45) is 0.461. The molecule has 0 amide bonds. The fourth-order valence-electron chi connectivity index (χ4n) is 2.34. The van der Waals surface area contributed by atoms with Crippen LogP contribution in [0.2, 0.25) is 0 Å². The van der Waals surface area contributed by atoms with E-state index in [0.717, 1.165) is 0 Å². The van der Waals surface area contributed by atoms with Crippen LogP contribution in [-0.2, 0) is 10.0 Å². The van der Waals surface area contributed by atoms with E-state index in [1.807, 2.05) is 0 Å². The third kappa shape index (κ3) is 2.91. The Morgan fingerprint density at radius 3 is 2.67 bits per heavy atom. The predicted octanol–water partition coefficient (Wildman–Crippen LogP) is 2.63. The largest absolute Gasteiger partial charge is 0.493 e. The first-order chi connectivity index (χ1) is 10.1. The van der Waals surface area contributed by atoms with Crippen molar-refractivity contribution in [3.8, 4) is 5.75 Å². The summed E-state index contributed by atoms with van der Waals surface area (Å²) in [7, 11) is -3.64. The predicted molar refractivity (Wildman–Crippen MR) is 76.0 cm³/mol. The van der Waals surface area contributed by atoms with Crippen LogP contribution in [0.3, 0.4) is 0 Å². The average molecular weight is 307 g/mol. The van der Waals surface area contributed by atoms with E-state index in [2.05, 4.69) is 4.72 Å². The summed E-state index contributed by atoms with van der Waals surface area (Å²) in [5.74, 6) is 0.103. The van der Waals surface area contributed by atoms with Gasteiger partial charge in [0.25, 0.3) is 0 Å². The van der Waals surface area contributed by atoms with Crippen LogP contribution in [0.1, 0.15) is 18.0 Å². The van der Waals surface area contributed by atoms with Gasteiger partial charge in [0.15, 0.2) is 0 Å². The van der Waals surface area contributed by atoms with Crippen LogP contribution in [0, 0.1) is 5.82 Å². The Morgan fingerprint density at radius 1 is 1.14 bits per heavy atom. The molecule has 0 saturated heterocycles. The van der Waals surface area contributed by atoms with Crippen LogP contribution in [0.4, 0.5) is 4.39 Å². The van der Waals surface area contributed by atoms with Crippen molar-refractivity contribution in [3.05, 3.63) is 59.9 Å². The SMILES string of the molecule is O=S(=O)(NC1CCOc2ccc(F)cc21)c1ccccc1. The molecule has 0 bridgehead atoms. The van der Waals surface area contributed by atoms with Crippen LogP contribution in [0.5, 0.6) is 5.75 Å². The molecule has 2 aromatic carbocycles. The molecular weight excluding hydrogens is 293 g/mol. The van der Waals surface area contributed by atoms with Gasteiger partial charge in [-0.1, -0.05) is 18.2 Å². The molecule has 0 spiro atoms. The van der Waals surface area contributed by atoms with Crippen LogP contribution in [-0.4, -0.2) is 15.0 Å². The number of rotatable bonds is 3. The fraction of sp³-hybridized carbons (Fsp3) is 0.200. The highest BCUT2D eigenvalue weighted by molar-refractivity contribution is 7.89. The summed E-state index contributed by atoms with van der Waals surface area (Å²) >= 11 is 0. The zero-order valence-corrected chi connectivity index (χ0v) is 11.9. The van der Waals surface area contributed by atoms with Crippen molar-refractivity contribution in [2.75, 3.05) is 6.61 Å². The minimum absolute atomic E-state index is 0.189. The fourth-order valence-corrected chi connectivity index (χ4v) is 3.61. The van der Waals surface area contributed by atoms with E-state index in [1.54, 1.807) is 18.2 Å². The third-order valence-electron chi connectivity index (χ3n) is 3.36. The zero-order chi connectivity index (χ0) is 14.9. The maximum Gasteiger partial charge on any atom is 0.241 e. The van der Waals surface area contributed by atoms with Gasteiger partial charge < -0.3 is 4.74 Å². The van der Waals surface area contributed by atoms with Crippen molar-refractivity contribution >= 4 is 10.0 Å². The van der Waals surface area contributed by atoms with E-state index < -0.39 is 21.9 Å².